The first-order valence-electron chi connectivity index (χ1n) is 9.18. The average molecular weight is 482 g/mol. The van der Waals surface area contributed by atoms with Crippen LogP contribution in [0.5, 0.6) is 0 Å². The largest absolute Gasteiger partial charge is 0.481 e. The van der Waals surface area contributed by atoms with Gasteiger partial charge in [0.05, 0.1) is 22.6 Å². The SMILES string of the molecule is O=C(O)CCNS(=O)(=O)c1ccc2c(c1)C(=O)c1cc(S(=O)(=O)NCCC(=O)O)ccc1-2. The Kier molecular flexibility index (Phi) is 6.46. The van der Waals surface area contributed by atoms with Crippen molar-refractivity contribution in [3.63, 3.8) is 0 Å². The Hall–Kier alpha value is -3.13. The number of hydrogen-bond acceptors (Lipinski definition) is 7. The Morgan fingerprint density at radius 3 is 1.41 bits per heavy atom. The van der Waals surface area contributed by atoms with E-state index in [9.17, 15) is 31.2 Å². The fourth-order valence-electron chi connectivity index (χ4n) is 3.12. The van der Waals surface area contributed by atoms with Gasteiger partial charge in [-0.1, -0.05) is 12.1 Å². The third-order valence-corrected chi connectivity index (χ3v) is 7.56. The molecule has 0 saturated carbocycles. The molecule has 0 bridgehead atoms. The zero-order valence-corrected chi connectivity index (χ0v) is 18.0. The first-order chi connectivity index (χ1) is 14.9. The molecule has 2 aromatic rings. The van der Waals surface area contributed by atoms with Crippen LogP contribution in [0.1, 0.15) is 28.8 Å². The molecule has 1 aliphatic carbocycles. The third-order valence-electron chi connectivity index (χ3n) is 4.64. The van der Waals surface area contributed by atoms with Crippen LogP contribution in [-0.4, -0.2) is 57.9 Å². The Balaban J connectivity index is 1.88. The van der Waals surface area contributed by atoms with Crippen LogP contribution < -0.4 is 9.44 Å². The minimum atomic E-state index is -4.06. The summed E-state index contributed by atoms with van der Waals surface area (Å²) in [6.45, 7) is -0.641. The molecule has 0 saturated heterocycles. The lowest BCUT2D eigenvalue weighted by atomic mass is 10.1. The topological polar surface area (TPSA) is 184 Å². The van der Waals surface area contributed by atoms with Crippen LogP contribution in [0, 0.1) is 0 Å². The van der Waals surface area contributed by atoms with E-state index in [1.165, 1.54) is 24.3 Å². The molecule has 0 aliphatic heterocycles. The van der Waals surface area contributed by atoms with Crippen LogP contribution in [0.25, 0.3) is 11.1 Å². The third kappa shape index (κ3) is 4.85. The van der Waals surface area contributed by atoms with Crippen molar-refractivity contribution in [3.8, 4) is 11.1 Å². The van der Waals surface area contributed by atoms with Crippen molar-refractivity contribution in [1.29, 1.82) is 0 Å². The molecular formula is C19H18N2O9S2. The summed E-state index contributed by atoms with van der Waals surface area (Å²) >= 11 is 0. The van der Waals surface area contributed by atoms with E-state index in [2.05, 4.69) is 9.44 Å². The summed E-state index contributed by atoms with van der Waals surface area (Å²) in [6.07, 6.45) is -0.821. The van der Waals surface area contributed by atoms with Crippen LogP contribution >= 0.6 is 0 Å². The fraction of sp³-hybridized carbons (Fsp3) is 0.211. The zero-order valence-electron chi connectivity index (χ0n) is 16.4. The predicted octanol–water partition coefficient (Wildman–Crippen LogP) is 0.404. The number of carbonyl (C=O) groups is 3. The smallest absolute Gasteiger partial charge is 0.304 e. The highest BCUT2D eigenvalue weighted by Crippen LogP contribution is 2.38. The summed E-state index contributed by atoms with van der Waals surface area (Å²) in [5.74, 6) is -2.91. The van der Waals surface area contributed by atoms with Gasteiger partial charge >= 0.3 is 11.9 Å². The average Bonchev–Trinajstić information content (AvgIpc) is 2.98. The second kappa shape index (κ2) is 8.78. The quantitative estimate of drug-likeness (QED) is 0.318. The van der Waals surface area contributed by atoms with E-state index in [4.69, 9.17) is 10.2 Å². The molecule has 0 unspecified atom stereocenters. The highest BCUT2D eigenvalue weighted by atomic mass is 32.2. The molecule has 0 radical (unpaired) electrons. The van der Waals surface area contributed by atoms with Gasteiger partial charge in [0.2, 0.25) is 20.0 Å². The molecule has 0 atom stereocenters. The fourth-order valence-corrected chi connectivity index (χ4v) is 5.24. The molecule has 2 aromatic carbocycles. The summed E-state index contributed by atoms with van der Waals surface area (Å²) in [4.78, 5) is 33.6. The minimum Gasteiger partial charge on any atom is -0.481 e. The summed E-state index contributed by atoms with van der Waals surface area (Å²) in [6, 6.07) is 7.68. The van der Waals surface area contributed by atoms with Gasteiger partial charge < -0.3 is 10.2 Å². The maximum absolute atomic E-state index is 12.9. The van der Waals surface area contributed by atoms with E-state index < -0.39 is 50.6 Å². The second-order valence-electron chi connectivity index (χ2n) is 6.83. The lowest BCUT2D eigenvalue weighted by molar-refractivity contribution is -0.137. The van der Waals surface area contributed by atoms with E-state index >= 15 is 0 Å². The number of carboxylic acids is 2. The van der Waals surface area contributed by atoms with Gasteiger partial charge in [-0.2, -0.15) is 0 Å². The first-order valence-corrected chi connectivity index (χ1v) is 12.1. The van der Waals surface area contributed by atoms with E-state index in [1.807, 2.05) is 0 Å². The van der Waals surface area contributed by atoms with Crippen molar-refractivity contribution < 1.29 is 41.4 Å². The molecule has 4 N–H and O–H groups in total. The lowest BCUT2D eigenvalue weighted by Gasteiger charge is -2.08. The van der Waals surface area contributed by atoms with Crippen LogP contribution in [0.3, 0.4) is 0 Å². The molecule has 32 heavy (non-hydrogen) atoms. The highest BCUT2D eigenvalue weighted by molar-refractivity contribution is 7.89. The van der Waals surface area contributed by atoms with Crippen LogP contribution in [-0.2, 0) is 29.6 Å². The van der Waals surface area contributed by atoms with Crippen molar-refractivity contribution in [2.24, 2.45) is 0 Å². The summed E-state index contributed by atoms with van der Waals surface area (Å²) < 4.78 is 53.8. The van der Waals surface area contributed by atoms with Gasteiger partial charge in [0.25, 0.3) is 0 Å². The van der Waals surface area contributed by atoms with Gasteiger partial charge in [0.1, 0.15) is 0 Å². The molecule has 170 valence electrons. The zero-order chi connectivity index (χ0) is 23.7. The van der Waals surface area contributed by atoms with Gasteiger partial charge in [-0.25, -0.2) is 26.3 Å². The molecular weight excluding hydrogens is 464 g/mol. The Morgan fingerprint density at radius 1 is 0.688 bits per heavy atom. The van der Waals surface area contributed by atoms with Crippen molar-refractivity contribution >= 4 is 37.8 Å². The van der Waals surface area contributed by atoms with Crippen molar-refractivity contribution in [2.75, 3.05) is 13.1 Å². The number of hydrogen-bond donors (Lipinski definition) is 4. The van der Waals surface area contributed by atoms with Gasteiger partial charge in [-0.05, 0) is 35.4 Å². The number of aliphatic carboxylic acids is 2. The molecule has 11 nitrogen and oxygen atoms in total. The normalized spacial score (nSPS) is 12.9. The summed E-state index contributed by atoms with van der Waals surface area (Å²) in [5.41, 5.74) is 0.985. The molecule has 1 aliphatic rings. The molecule has 13 heteroatoms. The van der Waals surface area contributed by atoms with Crippen LogP contribution in [0.15, 0.2) is 46.2 Å². The summed E-state index contributed by atoms with van der Waals surface area (Å²) in [7, 11) is -8.11. The Labute approximate surface area is 183 Å². The highest BCUT2D eigenvalue weighted by Gasteiger charge is 2.30. The number of carbonyl (C=O) groups excluding carboxylic acids is 1. The Morgan fingerprint density at radius 2 is 1.06 bits per heavy atom. The number of ketones is 1. The van der Waals surface area contributed by atoms with Crippen LogP contribution in [0.2, 0.25) is 0 Å². The van der Waals surface area contributed by atoms with Crippen molar-refractivity contribution in [1.82, 2.24) is 9.44 Å². The molecule has 0 heterocycles. The number of carboxylic acid groups (broad SMARTS) is 2. The standard InChI is InChI=1S/C19H18N2O9S2/c22-17(23)5-7-20-31(27,28)11-1-3-13-14-4-2-12(10-16(14)19(26)15(13)9-11)32(29,30)21-8-6-18(24)25/h1-4,9-10,20-21H,5-8H2,(H,22,23)(H,24,25). The second-order valence-corrected chi connectivity index (χ2v) is 10.4. The number of benzene rings is 2. The molecule has 0 aromatic heterocycles. The number of nitrogens with one attached hydrogen (secondary N) is 2. The van der Waals surface area contributed by atoms with E-state index in [0.29, 0.717) is 11.1 Å². The van der Waals surface area contributed by atoms with Gasteiger partial charge in [0.15, 0.2) is 5.78 Å². The molecule has 0 amide bonds. The monoisotopic (exact) mass is 482 g/mol. The van der Waals surface area contributed by atoms with Gasteiger partial charge in [-0.3, -0.25) is 14.4 Å². The molecule has 0 spiro atoms. The Bertz CT molecular complexity index is 1230. The van der Waals surface area contributed by atoms with Crippen molar-refractivity contribution in [3.05, 3.63) is 47.5 Å². The van der Waals surface area contributed by atoms with Crippen molar-refractivity contribution in [2.45, 2.75) is 22.6 Å². The predicted molar refractivity (Wildman–Crippen MR) is 110 cm³/mol. The minimum absolute atomic E-state index is 0.0643. The first kappa shape index (κ1) is 23.5. The maximum Gasteiger partial charge on any atom is 0.304 e. The molecule has 0 fully saturated rings. The van der Waals surface area contributed by atoms with Gasteiger partial charge in [0, 0.05) is 24.2 Å². The lowest BCUT2D eigenvalue weighted by Crippen LogP contribution is -2.26. The number of rotatable bonds is 10. The van der Waals surface area contributed by atoms with Gasteiger partial charge in [-0.15, -0.1) is 0 Å². The summed E-state index contributed by atoms with van der Waals surface area (Å²) in [5, 5.41) is 17.3. The van der Waals surface area contributed by atoms with Crippen LogP contribution in [0.4, 0.5) is 0 Å². The van der Waals surface area contributed by atoms with E-state index in [0.717, 1.165) is 12.1 Å². The molecule has 3 rings (SSSR count). The van der Waals surface area contributed by atoms with E-state index in [1.54, 1.807) is 0 Å². The van der Waals surface area contributed by atoms with E-state index in [-0.39, 0.29) is 34.0 Å². The number of sulfonamides is 2. The number of fused-ring (bicyclic) bond motifs is 3. The maximum atomic E-state index is 12.9.